The molecule has 3 amide bonds. The predicted octanol–water partition coefficient (Wildman–Crippen LogP) is -0.228. The van der Waals surface area contributed by atoms with E-state index in [0.29, 0.717) is 51.6 Å². The number of carbonyl (C=O) groups is 3. The third kappa shape index (κ3) is 8.42. The summed E-state index contributed by atoms with van der Waals surface area (Å²) in [6.07, 6.45) is 3.19. The Balaban J connectivity index is 0.00000512. The zero-order chi connectivity index (χ0) is 22.8. The Morgan fingerprint density at radius 3 is 2.47 bits per heavy atom. The number of carbonyl (C=O) groups excluding carboxylic acids is 3. The average Bonchev–Trinajstić information content (AvgIpc) is 3.22. The van der Waals surface area contributed by atoms with Crippen LogP contribution in [0.3, 0.4) is 0 Å². The van der Waals surface area contributed by atoms with Gasteiger partial charge >= 0.3 is 7.12 Å². The van der Waals surface area contributed by atoms with E-state index < -0.39 is 31.1 Å². The number of halogens is 1. The van der Waals surface area contributed by atoms with Gasteiger partial charge in [-0.05, 0) is 37.8 Å². The van der Waals surface area contributed by atoms with Gasteiger partial charge in [-0.3, -0.25) is 14.4 Å². The van der Waals surface area contributed by atoms with Crippen molar-refractivity contribution in [3.63, 3.8) is 0 Å². The molecule has 11 heteroatoms. The summed E-state index contributed by atoms with van der Waals surface area (Å²) in [7, 11) is -1.70. The molecule has 1 aromatic carbocycles. The molecule has 1 heterocycles. The number of nitrogens with one attached hydrogen (secondary N) is 2. The van der Waals surface area contributed by atoms with Crippen LogP contribution in [0.1, 0.15) is 44.6 Å². The molecule has 0 saturated carbocycles. The molecule has 2 rings (SSSR count). The zero-order valence-electron chi connectivity index (χ0n) is 18.4. The molecule has 0 aromatic heterocycles. The molecule has 6 N–H and O–H groups in total. The van der Waals surface area contributed by atoms with Crippen LogP contribution < -0.4 is 16.4 Å². The highest BCUT2D eigenvalue weighted by Gasteiger charge is 2.39. The van der Waals surface area contributed by atoms with Gasteiger partial charge in [0.25, 0.3) is 0 Å². The third-order valence-electron chi connectivity index (χ3n) is 5.45. The second-order valence-electron chi connectivity index (χ2n) is 7.95. The van der Waals surface area contributed by atoms with Crippen molar-refractivity contribution >= 4 is 37.2 Å². The van der Waals surface area contributed by atoms with E-state index in [1.165, 1.54) is 11.8 Å². The minimum atomic E-state index is -1.70. The normalized spacial score (nSPS) is 17.1. The van der Waals surface area contributed by atoms with Crippen LogP contribution in [0.15, 0.2) is 30.3 Å². The molecule has 0 unspecified atom stereocenters. The number of rotatable bonds is 11. The summed E-state index contributed by atoms with van der Waals surface area (Å²) in [5.41, 5.74) is 6.38. The van der Waals surface area contributed by atoms with Gasteiger partial charge in [0, 0.05) is 19.9 Å². The Bertz CT molecular complexity index is 740. The minimum Gasteiger partial charge on any atom is -0.426 e. The number of nitrogens with two attached hydrogens (primary N) is 1. The molecule has 1 aliphatic rings. The van der Waals surface area contributed by atoms with Crippen LogP contribution in [-0.4, -0.2) is 70.9 Å². The van der Waals surface area contributed by atoms with Crippen LogP contribution in [0.25, 0.3) is 0 Å². The van der Waals surface area contributed by atoms with Gasteiger partial charge in [-0.1, -0.05) is 36.8 Å². The summed E-state index contributed by atoms with van der Waals surface area (Å²) in [6, 6.07) is 7.87. The fourth-order valence-electron chi connectivity index (χ4n) is 3.88. The lowest BCUT2D eigenvalue weighted by atomic mass is 9.76. The molecule has 0 radical (unpaired) electrons. The number of hydrogen-bond acceptors (Lipinski definition) is 6. The first kappa shape index (κ1) is 27.9. The van der Waals surface area contributed by atoms with E-state index >= 15 is 0 Å². The summed E-state index contributed by atoms with van der Waals surface area (Å²) < 4.78 is 0. The van der Waals surface area contributed by atoms with Crippen molar-refractivity contribution in [2.24, 2.45) is 5.73 Å². The Kier molecular flexibility index (Phi) is 12.3. The fourth-order valence-corrected chi connectivity index (χ4v) is 3.88. The van der Waals surface area contributed by atoms with Crippen molar-refractivity contribution < 1.29 is 24.4 Å². The minimum absolute atomic E-state index is 0. The molecule has 1 aliphatic heterocycles. The van der Waals surface area contributed by atoms with Crippen molar-refractivity contribution in [1.82, 2.24) is 15.5 Å². The first-order chi connectivity index (χ1) is 14.8. The molecule has 1 fully saturated rings. The number of likely N-dealkylation sites (tertiary alicyclic amines) is 1. The van der Waals surface area contributed by atoms with E-state index in [2.05, 4.69) is 10.6 Å². The molecule has 32 heavy (non-hydrogen) atoms. The van der Waals surface area contributed by atoms with E-state index in [4.69, 9.17) is 5.73 Å². The highest BCUT2D eigenvalue weighted by atomic mass is 35.5. The lowest BCUT2D eigenvalue weighted by molar-refractivity contribution is -0.141. The largest absolute Gasteiger partial charge is 0.475 e. The van der Waals surface area contributed by atoms with E-state index in [0.717, 1.165) is 5.56 Å². The van der Waals surface area contributed by atoms with Crippen LogP contribution in [0.5, 0.6) is 0 Å². The number of benzene rings is 1. The molecule has 0 aliphatic carbocycles. The van der Waals surface area contributed by atoms with Gasteiger partial charge in [-0.25, -0.2) is 0 Å². The molecule has 1 aromatic rings. The van der Waals surface area contributed by atoms with E-state index in [1.807, 2.05) is 30.3 Å². The number of hydrogen-bond donors (Lipinski definition) is 5. The van der Waals surface area contributed by atoms with E-state index in [1.54, 1.807) is 0 Å². The summed E-state index contributed by atoms with van der Waals surface area (Å²) in [6.45, 7) is 2.24. The van der Waals surface area contributed by atoms with Crippen molar-refractivity contribution in [3.05, 3.63) is 35.9 Å². The maximum Gasteiger partial charge on any atom is 0.475 e. The lowest BCUT2D eigenvalue weighted by Gasteiger charge is -2.30. The molecule has 0 bridgehead atoms. The van der Waals surface area contributed by atoms with Gasteiger partial charge < -0.3 is 31.3 Å². The first-order valence-corrected chi connectivity index (χ1v) is 10.8. The van der Waals surface area contributed by atoms with Gasteiger partial charge in [0.2, 0.25) is 17.7 Å². The third-order valence-corrected chi connectivity index (χ3v) is 5.45. The van der Waals surface area contributed by atoms with Crippen molar-refractivity contribution in [3.8, 4) is 0 Å². The zero-order valence-corrected chi connectivity index (χ0v) is 19.2. The highest BCUT2D eigenvalue weighted by Crippen LogP contribution is 2.20. The number of amides is 3. The van der Waals surface area contributed by atoms with Crippen molar-refractivity contribution in [1.29, 1.82) is 0 Å². The van der Waals surface area contributed by atoms with Crippen molar-refractivity contribution in [2.45, 2.75) is 63.5 Å². The molecular weight excluding hydrogens is 435 g/mol. The predicted molar refractivity (Wildman–Crippen MR) is 125 cm³/mol. The highest BCUT2D eigenvalue weighted by molar-refractivity contribution is 6.43. The first-order valence-electron chi connectivity index (χ1n) is 10.8. The van der Waals surface area contributed by atoms with Crippen LogP contribution >= 0.6 is 12.4 Å². The SMILES string of the molecule is CC(=O)N[C@H](Cc1ccccc1)C(=O)N1CCC[C@H]1C(=O)N[C@@H](CCCCN)B(O)O.Cl. The van der Waals surface area contributed by atoms with Gasteiger partial charge in [-0.15, -0.1) is 12.4 Å². The number of unbranched alkanes of at least 4 members (excludes halogenated alkanes) is 1. The lowest BCUT2D eigenvalue weighted by Crippen LogP contribution is -2.56. The molecular formula is C21H34BClN4O5. The smallest absolute Gasteiger partial charge is 0.426 e. The molecule has 9 nitrogen and oxygen atoms in total. The van der Waals surface area contributed by atoms with Gasteiger partial charge in [0.1, 0.15) is 12.1 Å². The van der Waals surface area contributed by atoms with Gasteiger partial charge in [0.05, 0.1) is 5.94 Å². The van der Waals surface area contributed by atoms with E-state index in [-0.39, 0.29) is 24.2 Å². The van der Waals surface area contributed by atoms with Crippen LogP contribution in [-0.2, 0) is 20.8 Å². The van der Waals surface area contributed by atoms with Crippen LogP contribution in [0.2, 0.25) is 0 Å². The maximum atomic E-state index is 13.2. The van der Waals surface area contributed by atoms with Crippen molar-refractivity contribution in [2.75, 3.05) is 13.1 Å². The quantitative estimate of drug-likeness (QED) is 0.224. The summed E-state index contributed by atoms with van der Waals surface area (Å²) >= 11 is 0. The Hall–Kier alpha value is -2.14. The standard InChI is InChI=1S/C21H33BN4O5.ClH/c1-15(27)24-17(14-16-8-3-2-4-9-16)21(29)26-13-7-10-18(26)20(28)25-19(22(30)31)11-5-6-12-23;/h2-4,8-9,17-19,30-31H,5-7,10-14,23H2,1H3,(H,24,27)(H,25,28);1H/t17-,18+,19+;/m1./s1. The summed E-state index contributed by atoms with van der Waals surface area (Å²) in [5.74, 6) is -1.89. The molecule has 178 valence electrons. The topological polar surface area (TPSA) is 145 Å². The van der Waals surface area contributed by atoms with Crippen LogP contribution in [0.4, 0.5) is 0 Å². The average molecular weight is 469 g/mol. The Labute approximate surface area is 195 Å². The van der Waals surface area contributed by atoms with Gasteiger partial charge in [0.15, 0.2) is 0 Å². The maximum absolute atomic E-state index is 13.2. The van der Waals surface area contributed by atoms with Gasteiger partial charge in [-0.2, -0.15) is 0 Å². The number of nitrogens with zero attached hydrogens (tertiary/aromatic N) is 1. The second-order valence-corrected chi connectivity index (χ2v) is 7.95. The summed E-state index contributed by atoms with van der Waals surface area (Å²) in [5, 5.41) is 24.6. The second kappa shape index (κ2) is 14.1. The monoisotopic (exact) mass is 468 g/mol. The Morgan fingerprint density at radius 1 is 1.19 bits per heavy atom. The summed E-state index contributed by atoms with van der Waals surface area (Å²) in [4.78, 5) is 39.3. The van der Waals surface area contributed by atoms with Crippen LogP contribution in [0, 0.1) is 0 Å². The molecule has 0 spiro atoms. The molecule has 1 saturated heterocycles. The fraction of sp³-hybridized carbons (Fsp3) is 0.571. The Morgan fingerprint density at radius 2 is 1.88 bits per heavy atom. The van der Waals surface area contributed by atoms with E-state index in [9.17, 15) is 24.4 Å². The molecule has 3 atom stereocenters.